The third-order valence-corrected chi connectivity index (χ3v) is 3.56. The summed E-state index contributed by atoms with van der Waals surface area (Å²) in [5.41, 5.74) is 4.14. The van der Waals surface area contributed by atoms with Crippen LogP contribution in [-0.2, 0) is 4.79 Å². The van der Waals surface area contributed by atoms with Crippen molar-refractivity contribution in [2.45, 2.75) is 20.0 Å². The van der Waals surface area contributed by atoms with Gasteiger partial charge in [0.25, 0.3) is 5.91 Å². The van der Waals surface area contributed by atoms with E-state index in [0.717, 1.165) is 11.1 Å². The normalized spacial score (nSPS) is 12.2. The number of ether oxygens (including phenoxy) is 1. The molecule has 2 aromatic rings. The SMILES string of the molecule is Cc1cc(Cl)ccc1O[C@H](C)C(=O)N/N=C\c1ccc(Cl)cc1. The molecule has 0 fully saturated rings. The Morgan fingerprint density at radius 1 is 1.17 bits per heavy atom. The van der Waals surface area contributed by atoms with E-state index in [1.54, 1.807) is 49.4 Å². The van der Waals surface area contributed by atoms with E-state index in [1.165, 1.54) is 6.21 Å². The molecule has 0 unspecified atom stereocenters. The second kappa shape index (κ2) is 7.99. The maximum Gasteiger partial charge on any atom is 0.280 e. The van der Waals surface area contributed by atoms with Gasteiger partial charge >= 0.3 is 0 Å². The van der Waals surface area contributed by atoms with Gasteiger partial charge in [-0.15, -0.1) is 0 Å². The van der Waals surface area contributed by atoms with Crippen LogP contribution in [-0.4, -0.2) is 18.2 Å². The number of nitrogens with one attached hydrogen (secondary N) is 1. The van der Waals surface area contributed by atoms with Gasteiger partial charge in [0.1, 0.15) is 5.75 Å². The molecule has 0 aliphatic rings. The summed E-state index contributed by atoms with van der Waals surface area (Å²) in [7, 11) is 0. The minimum atomic E-state index is -0.683. The molecule has 0 aliphatic carbocycles. The standard InChI is InChI=1S/C17H16Cl2N2O2/c1-11-9-15(19)7-8-16(11)23-12(2)17(22)21-20-10-13-3-5-14(18)6-4-13/h3-10,12H,1-2H3,(H,21,22)/b20-10-/t12-/m1/s1. The third kappa shape index (κ3) is 5.27. The first-order valence-corrected chi connectivity index (χ1v) is 7.72. The Labute approximate surface area is 145 Å². The molecule has 1 amide bonds. The highest BCUT2D eigenvalue weighted by atomic mass is 35.5. The fraction of sp³-hybridized carbons (Fsp3) is 0.176. The molecule has 4 nitrogen and oxygen atoms in total. The molecule has 6 heteroatoms. The van der Waals surface area contributed by atoms with Crippen molar-refractivity contribution in [1.29, 1.82) is 0 Å². The van der Waals surface area contributed by atoms with Gasteiger partial charge in [-0.25, -0.2) is 5.43 Å². The van der Waals surface area contributed by atoms with E-state index in [9.17, 15) is 4.79 Å². The number of amides is 1. The van der Waals surface area contributed by atoms with Crippen LogP contribution in [0.25, 0.3) is 0 Å². The summed E-state index contributed by atoms with van der Waals surface area (Å²) in [4.78, 5) is 12.0. The zero-order valence-electron chi connectivity index (χ0n) is 12.7. The Balaban J connectivity index is 1.90. The number of hydrazone groups is 1. The van der Waals surface area contributed by atoms with Gasteiger partial charge in [0.05, 0.1) is 6.21 Å². The van der Waals surface area contributed by atoms with Gasteiger partial charge in [0.2, 0.25) is 0 Å². The molecule has 0 bridgehead atoms. The van der Waals surface area contributed by atoms with Gasteiger partial charge in [0, 0.05) is 10.0 Å². The molecule has 0 saturated heterocycles. The summed E-state index contributed by atoms with van der Waals surface area (Å²) >= 11 is 11.7. The molecule has 1 N–H and O–H groups in total. The Hall–Kier alpha value is -2.04. The van der Waals surface area contributed by atoms with Crippen LogP contribution in [0.5, 0.6) is 5.75 Å². The largest absolute Gasteiger partial charge is 0.481 e. The Morgan fingerprint density at radius 2 is 1.83 bits per heavy atom. The predicted octanol–water partition coefficient (Wildman–Crippen LogP) is 4.22. The Bertz CT molecular complexity index is 715. The zero-order chi connectivity index (χ0) is 16.8. The van der Waals surface area contributed by atoms with E-state index in [2.05, 4.69) is 10.5 Å². The highest BCUT2D eigenvalue weighted by Gasteiger charge is 2.15. The average Bonchev–Trinajstić information content (AvgIpc) is 2.51. The summed E-state index contributed by atoms with van der Waals surface area (Å²) in [6, 6.07) is 12.3. The Kier molecular flexibility index (Phi) is 6.02. The highest BCUT2D eigenvalue weighted by molar-refractivity contribution is 6.30. The number of carbonyl (C=O) groups excluding carboxylic acids is 1. The molecule has 0 radical (unpaired) electrons. The van der Waals surface area contributed by atoms with Crippen LogP contribution in [0.2, 0.25) is 10.0 Å². The maximum atomic E-state index is 12.0. The lowest BCUT2D eigenvalue weighted by atomic mass is 10.2. The van der Waals surface area contributed by atoms with Crippen molar-refractivity contribution in [2.75, 3.05) is 0 Å². The second-order valence-corrected chi connectivity index (χ2v) is 5.83. The predicted molar refractivity (Wildman–Crippen MR) is 93.5 cm³/mol. The Morgan fingerprint density at radius 3 is 2.48 bits per heavy atom. The van der Waals surface area contributed by atoms with Crippen LogP contribution in [0.3, 0.4) is 0 Å². The quantitative estimate of drug-likeness (QED) is 0.648. The van der Waals surface area contributed by atoms with E-state index in [0.29, 0.717) is 15.8 Å². The first-order valence-electron chi connectivity index (χ1n) is 6.97. The number of hydrogen-bond acceptors (Lipinski definition) is 3. The number of aryl methyl sites for hydroxylation is 1. The fourth-order valence-corrected chi connectivity index (χ4v) is 2.15. The van der Waals surface area contributed by atoms with Crippen LogP contribution in [0, 0.1) is 6.92 Å². The summed E-state index contributed by atoms with van der Waals surface area (Å²) in [5.74, 6) is 0.267. The van der Waals surface area contributed by atoms with Crippen LogP contribution < -0.4 is 10.2 Å². The van der Waals surface area contributed by atoms with Gasteiger partial charge in [-0.3, -0.25) is 4.79 Å². The van der Waals surface area contributed by atoms with Crippen molar-refractivity contribution in [2.24, 2.45) is 5.10 Å². The summed E-state index contributed by atoms with van der Waals surface area (Å²) < 4.78 is 5.62. The first-order chi connectivity index (χ1) is 11.0. The number of halogens is 2. The molecule has 120 valence electrons. The van der Waals surface area contributed by atoms with Crippen molar-refractivity contribution >= 4 is 35.3 Å². The van der Waals surface area contributed by atoms with Crippen LogP contribution in [0.4, 0.5) is 0 Å². The van der Waals surface area contributed by atoms with Crippen molar-refractivity contribution in [3.63, 3.8) is 0 Å². The van der Waals surface area contributed by atoms with Gasteiger partial charge < -0.3 is 4.74 Å². The molecule has 0 saturated carbocycles. The van der Waals surface area contributed by atoms with Crippen LogP contribution in [0.1, 0.15) is 18.1 Å². The number of rotatable bonds is 5. The van der Waals surface area contributed by atoms with Gasteiger partial charge in [0.15, 0.2) is 6.10 Å². The second-order valence-electron chi connectivity index (χ2n) is 4.96. The lowest BCUT2D eigenvalue weighted by molar-refractivity contribution is -0.127. The highest BCUT2D eigenvalue weighted by Crippen LogP contribution is 2.22. The van der Waals surface area contributed by atoms with Crippen LogP contribution in [0.15, 0.2) is 47.6 Å². The lowest BCUT2D eigenvalue weighted by Crippen LogP contribution is -2.33. The molecule has 2 aromatic carbocycles. The molecular weight excluding hydrogens is 335 g/mol. The smallest absolute Gasteiger partial charge is 0.280 e. The van der Waals surface area contributed by atoms with Crippen LogP contribution >= 0.6 is 23.2 Å². The molecule has 0 spiro atoms. The molecule has 2 rings (SSSR count). The summed E-state index contributed by atoms with van der Waals surface area (Å²) in [6.07, 6.45) is 0.853. The van der Waals surface area contributed by atoms with E-state index < -0.39 is 6.10 Å². The number of benzene rings is 2. The van der Waals surface area contributed by atoms with Gasteiger partial charge in [-0.05, 0) is 55.3 Å². The molecular formula is C17H16Cl2N2O2. The molecule has 0 heterocycles. The molecule has 0 aliphatic heterocycles. The summed E-state index contributed by atoms with van der Waals surface area (Å²) in [6.45, 7) is 3.52. The van der Waals surface area contributed by atoms with E-state index in [4.69, 9.17) is 27.9 Å². The topological polar surface area (TPSA) is 50.7 Å². The average molecular weight is 351 g/mol. The van der Waals surface area contributed by atoms with Crippen molar-refractivity contribution < 1.29 is 9.53 Å². The molecule has 0 aromatic heterocycles. The monoisotopic (exact) mass is 350 g/mol. The van der Waals surface area contributed by atoms with Gasteiger partial charge in [-0.1, -0.05) is 35.3 Å². The third-order valence-electron chi connectivity index (χ3n) is 3.07. The summed E-state index contributed by atoms with van der Waals surface area (Å²) in [5, 5.41) is 5.17. The minimum absolute atomic E-state index is 0.343. The zero-order valence-corrected chi connectivity index (χ0v) is 14.2. The van der Waals surface area contributed by atoms with E-state index in [-0.39, 0.29) is 5.91 Å². The fourth-order valence-electron chi connectivity index (χ4n) is 1.80. The van der Waals surface area contributed by atoms with Crippen molar-refractivity contribution in [3.05, 3.63) is 63.6 Å². The minimum Gasteiger partial charge on any atom is -0.481 e. The van der Waals surface area contributed by atoms with E-state index in [1.807, 2.05) is 6.92 Å². The van der Waals surface area contributed by atoms with Crippen molar-refractivity contribution in [3.8, 4) is 5.75 Å². The number of nitrogens with zero attached hydrogens (tertiary/aromatic N) is 1. The van der Waals surface area contributed by atoms with Crippen molar-refractivity contribution in [1.82, 2.24) is 5.43 Å². The maximum absolute atomic E-state index is 12.0. The molecule has 23 heavy (non-hydrogen) atoms. The lowest BCUT2D eigenvalue weighted by Gasteiger charge is -2.14. The number of hydrogen-bond donors (Lipinski definition) is 1. The van der Waals surface area contributed by atoms with Gasteiger partial charge in [-0.2, -0.15) is 5.10 Å². The molecule has 1 atom stereocenters. The van der Waals surface area contributed by atoms with E-state index >= 15 is 0 Å². The first kappa shape index (κ1) is 17.3. The number of carbonyl (C=O) groups is 1.